The van der Waals surface area contributed by atoms with E-state index in [4.69, 9.17) is 0 Å². The van der Waals surface area contributed by atoms with E-state index in [1.165, 1.54) is 64.7 Å². The van der Waals surface area contributed by atoms with Crippen molar-refractivity contribution in [3.63, 3.8) is 0 Å². The fourth-order valence-corrected chi connectivity index (χ4v) is 4.66. The largest absolute Gasteiger partial charge is 0.306 e. The Labute approximate surface area is 99.0 Å². The van der Waals surface area contributed by atoms with Gasteiger partial charge in [-0.15, -0.1) is 0 Å². The lowest BCUT2D eigenvalue weighted by molar-refractivity contribution is -0.00841. The smallest absolute Gasteiger partial charge is 0.0165 e. The van der Waals surface area contributed by atoms with Crippen molar-refractivity contribution in [2.45, 2.75) is 44.6 Å². The molecule has 2 aliphatic heterocycles. The second-order valence-corrected chi connectivity index (χ2v) is 7.13. The van der Waals surface area contributed by atoms with Crippen LogP contribution in [-0.2, 0) is 0 Å². The molecule has 2 spiro atoms. The molecule has 0 radical (unpaired) electrons. The standard InChI is InChI=1S/C14H24N2/c1-15-8-7-14(11-15)3-2-12(14)16-9-6-13(10-16)4-5-13/h12H,2-11H2,1H3. The van der Waals surface area contributed by atoms with E-state index >= 15 is 0 Å². The van der Waals surface area contributed by atoms with Crippen molar-refractivity contribution in [2.75, 3.05) is 33.2 Å². The summed E-state index contributed by atoms with van der Waals surface area (Å²) in [4.78, 5) is 5.42. The highest BCUT2D eigenvalue weighted by molar-refractivity contribution is 5.10. The van der Waals surface area contributed by atoms with E-state index in [9.17, 15) is 0 Å². The van der Waals surface area contributed by atoms with Crippen molar-refractivity contribution in [3.05, 3.63) is 0 Å². The average Bonchev–Trinajstić information content (AvgIpc) is 2.68. The monoisotopic (exact) mass is 220 g/mol. The van der Waals surface area contributed by atoms with Gasteiger partial charge in [0.2, 0.25) is 0 Å². The minimum absolute atomic E-state index is 0.717. The highest BCUT2D eigenvalue weighted by Crippen LogP contribution is 2.57. The Hall–Kier alpha value is -0.0800. The maximum Gasteiger partial charge on any atom is 0.0165 e. The highest BCUT2D eigenvalue weighted by atomic mass is 15.2. The van der Waals surface area contributed by atoms with Crippen molar-refractivity contribution in [1.82, 2.24) is 9.80 Å². The van der Waals surface area contributed by atoms with Gasteiger partial charge in [-0.05, 0) is 69.5 Å². The normalized spacial score (nSPS) is 46.7. The molecule has 2 saturated carbocycles. The van der Waals surface area contributed by atoms with Crippen LogP contribution in [0.15, 0.2) is 0 Å². The van der Waals surface area contributed by atoms with Crippen molar-refractivity contribution >= 4 is 0 Å². The Morgan fingerprint density at radius 2 is 1.81 bits per heavy atom. The van der Waals surface area contributed by atoms with Gasteiger partial charge in [-0.1, -0.05) is 0 Å². The topological polar surface area (TPSA) is 6.48 Å². The molecule has 2 heterocycles. The molecule has 2 nitrogen and oxygen atoms in total. The van der Waals surface area contributed by atoms with Crippen LogP contribution in [0.25, 0.3) is 0 Å². The number of hydrogen-bond donors (Lipinski definition) is 0. The van der Waals surface area contributed by atoms with Crippen LogP contribution in [0.1, 0.15) is 38.5 Å². The third kappa shape index (κ3) is 1.26. The Balaban J connectivity index is 1.48. The molecule has 90 valence electrons. The lowest BCUT2D eigenvalue weighted by Crippen LogP contribution is -2.55. The molecule has 4 aliphatic rings. The molecule has 16 heavy (non-hydrogen) atoms. The van der Waals surface area contributed by atoms with Gasteiger partial charge in [0.1, 0.15) is 0 Å². The summed E-state index contributed by atoms with van der Waals surface area (Å²) in [6, 6.07) is 0.956. The van der Waals surface area contributed by atoms with Crippen LogP contribution in [-0.4, -0.2) is 49.1 Å². The Bertz CT molecular complexity index is 310. The molecule has 4 rings (SSSR count). The fraction of sp³-hybridized carbons (Fsp3) is 1.00. The predicted octanol–water partition coefficient (Wildman–Crippen LogP) is 1.96. The van der Waals surface area contributed by atoms with Gasteiger partial charge < -0.3 is 4.90 Å². The second kappa shape index (κ2) is 3.02. The summed E-state index contributed by atoms with van der Waals surface area (Å²) < 4.78 is 0. The molecule has 0 amide bonds. The predicted molar refractivity (Wildman–Crippen MR) is 65.4 cm³/mol. The van der Waals surface area contributed by atoms with Crippen molar-refractivity contribution in [3.8, 4) is 0 Å². The van der Waals surface area contributed by atoms with E-state index in [0.717, 1.165) is 16.9 Å². The average molecular weight is 220 g/mol. The van der Waals surface area contributed by atoms with Gasteiger partial charge in [-0.2, -0.15) is 0 Å². The number of hydrogen-bond acceptors (Lipinski definition) is 2. The van der Waals surface area contributed by atoms with Gasteiger partial charge in [-0.3, -0.25) is 4.90 Å². The summed E-state index contributed by atoms with van der Waals surface area (Å²) in [6.07, 6.45) is 9.04. The van der Waals surface area contributed by atoms with Gasteiger partial charge in [-0.25, -0.2) is 0 Å². The number of rotatable bonds is 1. The molecule has 0 aromatic rings. The van der Waals surface area contributed by atoms with E-state index in [0.29, 0.717) is 0 Å². The van der Waals surface area contributed by atoms with E-state index in [1.807, 2.05) is 0 Å². The van der Waals surface area contributed by atoms with Crippen molar-refractivity contribution < 1.29 is 0 Å². The first-order valence-corrected chi connectivity index (χ1v) is 7.14. The zero-order valence-electron chi connectivity index (χ0n) is 10.5. The summed E-state index contributed by atoms with van der Waals surface area (Å²) in [5.41, 5.74) is 1.54. The van der Waals surface area contributed by atoms with E-state index < -0.39 is 0 Å². The molecular weight excluding hydrogens is 196 g/mol. The van der Waals surface area contributed by atoms with Crippen LogP contribution >= 0.6 is 0 Å². The minimum atomic E-state index is 0.717. The Kier molecular flexibility index (Phi) is 1.87. The first-order valence-electron chi connectivity index (χ1n) is 7.14. The van der Waals surface area contributed by atoms with E-state index in [2.05, 4.69) is 16.8 Å². The van der Waals surface area contributed by atoms with Crippen molar-refractivity contribution in [1.29, 1.82) is 0 Å². The Morgan fingerprint density at radius 1 is 0.938 bits per heavy atom. The van der Waals surface area contributed by atoms with Crippen LogP contribution in [0.3, 0.4) is 0 Å². The molecule has 2 atom stereocenters. The maximum absolute atomic E-state index is 2.87. The number of likely N-dealkylation sites (tertiary alicyclic amines) is 2. The van der Waals surface area contributed by atoms with Crippen LogP contribution in [0.5, 0.6) is 0 Å². The van der Waals surface area contributed by atoms with Gasteiger partial charge in [0.15, 0.2) is 0 Å². The molecule has 0 N–H and O–H groups in total. The summed E-state index contributed by atoms with van der Waals surface area (Å²) in [6.45, 7) is 5.58. The third-order valence-corrected chi connectivity index (χ3v) is 6.06. The first kappa shape index (κ1) is 9.90. The lowest BCUT2D eigenvalue weighted by atomic mass is 9.63. The summed E-state index contributed by atoms with van der Waals surface area (Å²) in [7, 11) is 2.30. The molecule has 0 bridgehead atoms. The molecular formula is C14H24N2. The summed E-state index contributed by atoms with van der Waals surface area (Å²) in [5.74, 6) is 0. The van der Waals surface area contributed by atoms with Gasteiger partial charge in [0, 0.05) is 19.1 Å². The molecule has 0 aromatic carbocycles. The maximum atomic E-state index is 2.87. The second-order valence-electron chi connectivity index (χ2n) is 7.13. The van der Waals surface area contributed by atoms with E-state index in [-0.39, 0.29) is 0 Å². The molecule has 2 heteroatoms. The molecule has 2 aliphatic carbocycles. The molecule has 0 aromatic heterocycles. The first-order chi connectivity index (χ1) is 7.72. The van der Waals surface area contributed by atoms with Crippen LogP contribution in [0.4, 0.5) is 0 Å². The highest BCUT2D eigenvalue weighted by Gasteiger charge is 2.56. The van der Waals surface area contributed by atoms with Crippen molar-refractivity contribution in [2.24, 2.45) is 10.8 Å². The van der Waals surface area contributed by atoms with Gasteiger partial charge >= 0.3 is 0 Å². The Morgan fingerprint density at radius 3 is 2.31 bits per heavy atom. The minimum Gasteiger partial charge on any atom is -0.306 e. The van der Waals surface area contributed by atoms with Crippen LogP contribution < -0.4 is 0 Å². The summed E-state index contributed by atoms with van der Waals surface area (Å²) in [5, 5.41) is 0. The van der Waals surface area contributed by atoms with Gasteiger partial charge in [0.25, 0.3) is 0 Å². The zero-order valence-corrected chi connectivity index (χ0v) is 10.5. The SMILES string of the molecule is CN1CCC2(CCC2N2CCC3(CC3)C2)C1. The fourth-order valence-electron chi connectivity index (χ4n) is 4.66. The van der Waals surface area contributed by atoms with E-state index in [1.54, 1.807) is 0 Å². The summed E-state index contributed by atoms with van der Waals surface area (Å²) >= 11 is 0. The van der Waals surface area contributed by atoms with Crippen LogP contribution in [0, 0.1) is 10.8 Å². The molecule has 2 unspecified atom stereocenters. The third-order valence-electron chi connectivity index (χ3n) is 6.06. The van der Waals surface area contributed by atoms with Gasteiger partial charge in [0.05, 0.1) is 0 Å². The number of nitrogens with zero attached hydrogens (tertiary/aromatic N) is 2. The molecule has 2 saturated heterocycles. The lowest BCUT2D eigenvalue weighted by Gasteiger charge is -2.51. The zero-order chi connectivity index (χ0) is 10.8. The van der Waals surface area contributed by atoms with Crippen LogP contribution in [0.2, 0.25) is 0 Å². The quantitative estimate of drug-likeness (QED) is 0.666. The molecule has 4 fully saturated rings.